The lowest BCUT2D eigenvalue weighted by atomic mass is 10.1. The number of carbonyl (C=O) groups excluding carboxylic acids is 1. The second kappa shape index (κ2) is 6.20. The third-order valence-electron chi connectivity index (χ3n) is 1.94. The molecule has 0 spiro atoms. The largest absolute Gasteiger partial charge is 0.389 e. The summed E-state index contributed by atoms with van der Waals surface area (Å²) in [6.07, 6.45) is 0.733. The van der Waals surface area contributed by atoms with Gasteiger partial charge in [0.05, 0.1) is 11.1 Å². The number of carbonyl (C=O) groups is 1. The Bertz CT molecular complexity index is 375. The van der Waals surface area contributed by atoms with Crippen LogP contribution in [0, 0.1) is 0 Å². The topological polar surface area (TPSA) is 70.4 Å². The molecule has 1 heterocycles. The number of halogens is 1. The smallest absolute Gasteiger partial charge is 0.185 e. The van der Waals surface area contributed by atoms with Gasteiger partial charge in [-0.05, 0) is 6.07 Å². The average Bonchev–Trinajstić information content (AvgIpc) is 2.25. The highest BCUT2D eigenvalue weighted by molar-refractivity contribution is 8.13. The van der Waals surface area contributed by atoms with E-state index in [1.54, 1.807) is 0 Å². The summed E-state index contributed by atoms with van der Waals surface area (Å²) >= 11 is 6.78. The second-order valence-electron chi connectivity index (χ2n) is 3.21. The lowest BCUT2D eigenvalue weighted by molar-refractivity contribution is -0.109. The van der Waals surface area contributed by atoms with Crippen molar-refractivity contribution in [3.63, 3.8) is 0 Å². The van der Waals surface area contributed by atoms with E-state index >= 15 is 0 Å². The Labute approximate surface area is 103 Å². The van der Waals surface area contributed by atoms with E-state index in [0.29, 0.717) is 10.6 Å². The molecule has 0 saturated heterocycles. The van der Waals surface area contributed by atoms with Crippen LogP contribution in [0.1, 0.15) is 18.6 Å². The molecule has 0 radical (unpaired) electrons. The van der Waals surface area contributed by atoms with Gasteiger partial charge in [-0.2, -0.15) is 0 Å². The van der Waals surface area contributed by atoms with Crippen molar-refractivity contribution in [1.29, 1.82) is 0 Å². The van der Waals surface area contributed by atoms with Crippen molar-refractivity contribution in [2.24, 2.45) is 0 Å². The van der Waals surface area contributed by atoms with Crippen molar-refractivity contribution in [2.75, 3.05) is 5.75 Å². The Kier molecular flexibility index (Phi) is 5.21. The van der Waals surface area contributed by atoms with Crippen LogP contribution in [0.2, 0.25) is 5.02 Å². The van der Waals surface area contributed by atoms with E-state index in [9.17, 15) is 15.0 Å². The van der Waals surface area contributed by atoms with Gasteiger partial charge in [0.15, 0.2) is 5.12 Å². The van der Waals surface area contributed by atoms with Gasteiger partial charge in [0.2, 0.25) is 0 Å². The van der Waals surface area contributed by atoms with Crippen molar-refractivity contribution >= 4 is 28.5 Å². The van der Waals surface area contributed by atoms with Gasteiger partial charge in [-0.1, -0.05) is 23.4 Å². The van der Waals surface area contributed by atoms with Gasteiger partial charge < -0.3 is 10.2 Å². The zero-order valence-electron chi connectivity index (χ0n) is 8.63. The molecule has 1 rings (SSSR count). The van der Waals surface area contributed by atoms with Crippen LogP contribution >= 0.6 is 23.4 Å². The molecule has 0 amide bonds. The van der Waals surface area contributed by atoms with Crippen LogP contribution in [0.4, 0.5) is 0 Å². The number of aliphatic hydroxyl groups is 2. The Morgan fingerprint density at radius 3 is 2.88 bits per heavy atom. The first-order valence-electron chi connectivity index (χ1n) is 4.61. The van der Waals surface area contributed by atoms with Gasteiger partial charge in [0.25, 0.3) is 0 Å². The number of pyridine rings is 1. The first-order chi connectivity index (χ1) is 7.52. The number of hydrogen-bond acceptors (Lipinski definition) is 5. The van der Waals surface area contributed by atoms with Gasteiger partial charge in [-0.3, -0.25) is 9.78 Å². The Balaban J connectivity index is 2.66. The normalized spacial score (nSPS) is 14.5. The standard InChI is InChI=1S/C10H12ClNO3S/c1-6(13)16-5-9(14)10(15)7-2-3-12-4-8(7)11/h2-4,9-10,14-15H,5H2,1H3. The molecule has 1 aromatic heterocycles. The zero-order valence-corrected chi connectivity index (χ0v) is 10.2. The second-order valence-corrected chi connectivity index (χ2v) is 4.82. The van der Waals surface area contributed by atoms with E-state index in [1.165, 1.54) is 25.4 Å². The summed E-state index contributed by atoms with van der Waals surface area (Å²) in [6.45, 7) is 1.41. The minimum atomic E-state index is -1.11. The highest BCUT2D eigenvalue weighted by Gasteiger charge is 2.21. The summed E-state index contributed by atoms with van der Waals surface area (Å²) in [5.41, 5.74) is 0.410. The molecule has 0 aliphatic heterocycles. The van der Waals surface area contributed by atoms with Crippen LogP contribution in [-0.4, -0.2) is 32.2 Å². The van der Waals surface area contributed by atoms with Crippen molar-refractivity contribution in [3.8, 4) is 0 Å². The predicted molar refractivity (Wildman–Crippen MR) is 63.4 cm³/mol. The highest BCUT2D eigenvalue weighted by Crippen LogP contribution is 2.25. The van der Waals surface area contributed by atoms with Crippen molar-refractivity contribution in [3.05, 3.63) is 29.0 Å². The molecule has 2 N–H and O–H groups in total. The first-order valence-corrected chi connectivity index (χ1v) is 5.97. The maximum atomic E-state index is 10.7. The fourth-order valence-electron chi connectivity index (χ4n) is 1.13. The van der Waals surface area contributed by atoms with E-state index in [-0.39, 0.29) is 10.9 Å². The van der Waals surface area contributed by atoms with Gasteiger partial charge in [-0.25, -0.2) is 0 Å². The SMILES string of the molecule is CC(=O)SCC(O)C(O)c1ccncc1Cl. The molecule has 0 fully saturated rings. The van der Waals surface area contributed by atoms with Gasteiger partial charge >= 0.3 is 0 Å². The molecule has 16 heavy (non-hydrogen) atoms. The van der Waals surface area contributed by atoms with E-state index in [4.69, 9.17) is 11.6 Å². The molecular formula is C10H12ClNO3S. The van der Waals surface area contributed by atoms with Crippen LogP contribution in [0.25, 0.3) is 0 Å². The van der Waals surface area contributed by atoms with E-state index in [2.05, 4.69) is 4.98 Å². The van der Waals surface area contributed by atoms with Crippen molar-refractivity contribution in [1.82, 2.24) is 4.98 Å². The van der Waals surface area contributed by atoms with Crippen LogP contribution in [0.5, 0.6) is 0 Å². The van der Waals surface area contributed by atoms with Gasteiger partial charge in [-0.15, -0.1) is 0 Å². The minimum absolute atomic E-state index is 0.105. The number of thioether (sulfide) groups is 1. The summed E-state index contributed by atoms with van der Waals surface area (Å²) in [5.74, 6) is 0.134. The van der Waals surface area contributed by atoms with Crippen LogP contribution in [0.15, 0.2) is 18.5 Å². The number of hydrogen-bond donors (Lipinski definition) is 2. The molecule has 0 aliphatic carbocycles. The van der Waals surface area contributed by atoms with Gasteiger partial charge in [0, 0.05) is 30.6 Å². The molecular weight excluding hydrogens is 250 g/mol. The van der Waals surface area contributed by atoms with Crippen molar-refractivity contribution < 1.29 is 15.0 Å². The molecule has 4 nitrogen and oxygen atoms in total. The third kappa shape index (κ3) is 3.75. The molecule has 0 aliphatic rings. The monoisotopic (exact) mass is 261 g/mol. The maximum Gasteiger partial charge on any atom is 0.185 e. The van der Waals surface area contributed by atoms with Crippen LogP contribution in [-0.2, 0) is 4.79 Å². The predicted octanol–water partition coefficient (Wildman–Crippen LogP) is 1.41. The summed E-state index contributed by atoms with van der Waals surface area (Å²) in [5, 5.41) is 19.6. The van der Waals surface area contributed by atoms with Crippen LogP contribution in [0.3, 0.4) is 0 Å². The van der Waals surface area contributed by atoms with E-state index in [1.807, 2.05) is 0 Å². The van der Waals surface area contributed by atoms with Crippen molar-refractivity contribution in [2.45, 2.75) is 19.1 Å². The lowest BCUT2D eigenvalue weighted by Gasteiger charge is -2.17. The van der Waals surface area contributed by atoms with Gasteiger partial charge in [0.1, 0.15) is 6.10 Å². The quantitative estimate of drug-likeness (QED) is 0.858. The Morgan fingerprint density at radius 2 is 2.31 bits per heavy atom. The Morgan fingerprint density at radius 1 is 1.62 bits per heavy atom. The lowest BCUT2D eigenvalue weighted by Crippen LogP contribution is -2.21. The molecule has 0 aromatic carbocycles. The van der Waals surface area contributed by atoms with Crippen LogP contribution < -0.4 is 0 Å². The molecule has 6 heteroatoms. The summed E-state index contributed by atoms with van der Waals surface area (Å²) in [6, 6.07) is 1.54. The molecule has 0 bridgehead atoms. The zero-order chi connectivity index (χ0) is 12.1. The highest BCUT2D eigenvalue weighted by atomic mass is 35.5. The van der Waals surface area contributed by atoms with E-state index in [0.717, 1.165) is 11.8 Å². The maximum absolute atomic E-state index is 10.7. The fraction of sp³-hybridized carbons (Fsp3) is 0.400. The molecule has 2 unspecified atom stereocenters. The molecule has 0 saturated carbocycles. The van der Waals surface area contributed by atoms with E-state index < -0.39 is 12.2 Å². The molecule has 88 valence electrons. The average molecular weight is 262 g/mol. The summed E-state index contributed by atoms with van der Waals surface area (Å²) in [4.78, 5) is 14.5. The summed E-state index contributed by atoms with van der Waals surface area (Å²) < 4.78 is 0. The molecule has 1 aromatic rings. The number of rotatable bonds is 4. The molecule has 2 atom stereocenters. The minimum Gasteiger partial charge on any atom is -0.389 e. The summed E-state index contributed by atoms with van der Waals surface area (Å²) in [7, 11) is 0. The number of aliphatic hydroxyl groups excluding tert-OH is 2. The fourth-order valence-corrected chi connectivity index (χ4v) is 1.95. The Hall–Kier alpha value is -0.620. The number of nitrogens with zero attached hydrogens (tertiary/aromatic N) is 1. The number of aromatic nitrogens is 1. The third-order valence-corrected chi connectivity index (χ3v) is 3.17. The first kappa shape index (κ1) is 13.4.